The van der Waals surface area contributed by atoms with Crippen molar-refractivity contribution in [2.75, 3.05) is 53.7 Å². The molecule has 0 unspecified atom stereocenters. The molecule has 0 spiro atoms. The molecule has 7 rings (SSSR count). The molecule has 1 saturated heterocycles. The number of likely N-dealkylation sites (N-methyl/N-ethyl adjacent to an activating group) is 1. The van der Waals surface area contributed by atoms with Crippen molar-refractivity contribution in [3.63, 3.8) is 0 Å². The van der Waals surface area contributed by atoms with Crippen LogP contribution in [0.4, 0.5) is 28.8 Å². The molecule has 10 nitrogen and oxygen atoms in total. The summed E-state index contributed by atoms with van der Waals surface area (Å²) < 4.78 is 1.93. The summed E-state index contributed by atoms with van der Waals surface area (Å²) in [7, 11) is 2.17. The van der Waals surface area contributed by atoms with Gasteiger partial charge in [0.1, 0.15) is 6.33 Å². The SMILES string of the molecule is C=CC(=O)Nc1cccc(-n2cnc3c(N(Cc4ccccc4)Cc4ccccc4)nc(Nc4ccc(N5CCN(C)CC5)cc4)nc32)c1. The molecule has 0 atom stereocenters. The maximum absolute atomic E-state index is 12.1. The van der Waals surface area contributed by atoms with Gasteiger partial charge in [-0.05, 0) is 66.7 Å². The minimum Gasteiger partial charge on any atom is -0.369 e. The molecule has 1 fully saturated rings. The summed E-state index contributed by atoms with van der Waals surface area (Å²) in [5.74, 6) is 0.891. The number of imidazole rings is 1. The number of rotatable bonds is 11. The topological polar surface area (TPSA) is 94.4 Å². The summed E-state index contributed by atoms with van der Waals surface area (Å²) in [5.41, 5.74) is 7.16. The lowest BCUT2D eigenvalue weighted by Gasteiger charge is -2.34. The second-order valence-electron chi connectivity index (χ2n) is 12.2. The van der Waals surface area contributed by atoms with Gasteiger partial charge in [-0.15, -0.1) is 0 Å². The van der Waals surface area contributed by atoms with Crippen LogP contribution in [0.15, 0.2) is 128 Å². The van der Waals surface area contributed by atoms with Crippen LogP contribution in [0.1, 0.15) is 11.1 Å². The number of amides is 1. The number of benzene rings is 4. The Morgan fingerprint density at radius 3 is 2.12 bits per heavy atom. The van der Waals surface area contributed by atoms with Crippen LogP contribution < -0.4 is 20.4 Å². The van der Waals surface area contributed by atoms with E-state index >= 15 is 0 Å². The number of anilines is 5. The van der Waals surface area contributed by atoms with Crippen molar-refractivity contribution in [3.05, 3.63) is 139 Å². The highest BCUT2D eigenvalue weighted by Gasteiger charge is 2.21. The summed E-state index contributed by atoms with van der Waals surface area (Å²) in [4.78, 5) is 34.1. The van der Waals surface area contributed by atoms with Gasteiger partial charge in [-0.1, -0.05) is 73.3 Å². The van der Waals surface area contributed by atoms with Crippen LogP contribution in [-0.2, 0) is 17.9 Å². The van der Waals surface area contributed by atoms with Gasteiger partial charge in [-0.2, -0.15) is 9.97 Å². The molecule has 1 amide bonds. The minimum atomic E-state index is -0.278. The maximum atomic E-state index is 12.1. The van der Waals surface area contributed by atoms with E-state index in [0.29, 0.717) is 41.7 Å². The lowest BCUT2D eigenvalue weighted by atomic mass is 10.1. The van der Waals surface area contributed by atoms with Crippen LogP contribution in [-0.4, -0.2) is 63.6 Å². The maximum Gasteiger partial charge on any atom is 0.247 e. The number of nitrogens with one attached hydrogen (secondary N) is 2. The molecule has 3 heterocycles. The van der Waals surface area contributed by atoms with Crippen molar-refractivity contribution in [3.8, 4) is 5.69 Å². The van der Waals surface area contributed by atoms with E-state index in [0.717, 1.165) is 48.7 Å². The highest BCUT2D eigenvalue weighted by Crippen LogP contribution is 2.31. The van der Waals surface area contributed by atoms with Gasteiger partial charge in [0.25, 0.3) is 0 Å². The summed E-state index contributed by atoms with van der Waals surface area (Å²) in [5, 5.41) is 6.34. The van der Waals surface area contributed by atoms with Crippen LogP contribution in [0.25, 0.3) is 16.9 Å². The van der Waals surface area contributed by atoms with Crippen molar-refractivity contribution in [1.82, 2.24) is 24.4 Å². The first kappa shape index (κ1) is 31.6. The molecule has 0 radical (unpaired) electrons. The number of carbonyl (C=O) groups is 1. The fourth-order valence-corrected chi connectivity index (χ4v) is 6.04. The first-order chi connectivity index (χ1) is 24.0. The third-order valence-electron chi connectivity index (χ3n) is 8.68. The molecule has 0 bridgehead atoms. The van der Waals surface area contributed by atoms with Gasteiger partial charge in [-0.3, -0.25) is 9.36 Å². The van der Waals surface area contributed by atoms with Crippen LogP contribution in [0, 0.1) is 0 Å². The van der Waals surface area contributed by atoms with Gasteiger partial charge >= 0.3 is 0 Å². The zero-order valence-corrected chi connectivity index (χ0v) is 27.5. The molecule has 246 valence electrons. The highest BCUT2D eigenvalue weighted by molar-refractivity contribution is 5.99. The van der Waals surface area contributed by atoms with Gasteiger partial charge in [0.2, 0.25) is 11.9 Å². The second-order valence-corrected chi connectivity index (χ2v) is 12.2. The van der Waals surface area contributed by atoms with E-state index in [1.54, 1.807) is 6.33 Å². The Morgan fingerprint density at radius 2 is 1.47 bits per heavy atom. The smallest absolute Gasteiger partial charge is 0.247 e. The standard InChI is InChI=1S/C39H39N9O/c1-3-35(49)41-32-15-10-16-34(25-32)48-28-40-36-37(47(26-29-11-6-4-7-12-29)27-30-13-8-5-9-14-30)43-39(44-38(36)48)42-31-17-19-33(20-18-31)46-23-21-45(2)22-24-46/h3-20,25,28H,1,21-24,26-27H2,2H3,(H,41,49)(H,42,43,44). The number of aromatic nitrogens is 4. The molecule has 0 aliphatic carbocycles. The van der Waals surface area contributed by atoms with Crippen molar-refractivity contribution in [2.24, 2.45) is 0 Å². The normalized spacial score (nSPS) is 13.3. The summed E-state index contributed by atoms with van der Waals surface area (Å²) in [6.07, 6.45) is 3.01. The van der Waals surface area contributed by atoms with Crippen LogP contribution in [0.3, 0.4) is 0 Å². The highest BCUT2D eigenvalue weighted by atomic mass is 16.1. The zero-order chi connectivity index (χ0) is 33.6. The van der Waals surface area contributed by atoms with E-state index in [1.807, 2.05) is 41.0 Å². The number of nitrogens with zero attached hydrogens (tertiary/aromatic N) is 7. The lowest BCUT2D eigenvalue weighted by molar-refractivity contribution is -0.111. The Hall–Kier alpha value is -6.00. The molecule has 10 heteroatoms. The number of fused-ring (bicyclic) bond motifs is 1. The third-order valence-corrected chi connectivity index (χ3v) is 8.68. The largest absolute Gasteiger partial charge is 0.369 e. The molecule has 2 N–H and O–H groups in total. The average Bonchev–Trinajstić information content (AvgIpc) is 3.57. The fraction of sp³-hybridized carbons (Fsp3) is 0.179. The van der Waals surface area contributed by atoms with E-state index in [9.17, 15) is 4.79 Å². The fourth-order valence-electron chi connectivity index (χ4n) is 6.04. The Kier molecular flexibility index (Phi) is 9.29. The Balaban J connectivity index is 1.30. The third kappa shape index (κ3) is 7.45. The van der Waals surface area contributed by atoms with Gasteiger partial charge in [0.05, 0.1) is 5.69 Å². The molecular weight excluding hydrogens is 610 g/mol. The molecule has 0 saturated carbocycles. The van der Waals surface area contributed by atoms with E-state index in [2.05, 4.69) is 112 Å². The predicted molar refractivity (Wildman–Crippen MR) is 198 cm³/mol. The van der Waals surface area contributed by atoms with Crippen molar-refractivity contribution in [2.45, 2.75) is 13.1 Å². The monoisotopic (exact) mass is 649 g/mol. The molecule has 6 aromatic rings. The van der Waals surface area contributed by atoms with Gasteiger partial charge in [0.15, 0.2) is 17.0 Å². The van der Waals surface area contributed by atoms with Gasteiger partial charge in [0, 0.05) is 56.3 Å². The summed E-state index contributed by atoms with van der Waals surface area (Å²) in [6, 6.07) is 36.8. The molecule has 2 aromatic heterocycles. The first-order valence-electron chi connectivity index (χ1n) is 16.4. The summed E-state index contributed by atoms with van der Waals surface area (Å²) >= 11 is 0. The van der Waals surface area contributed by atoms with Crippen molar-refractivity contribution < 1.29 is 4.79 Å². The van der Waals surface area contributed by atoms with Crippen LogP contribution in [0.5, 0.6) is 0 Å². The van der Waals surface area contributed by atoms with Gasteiger partial charge < -0.3 is 25.3 Å². The van der Waals surface area contributed by atoms with Gasteiger partial charge in [-0.25, -0.2) is 4.98 Å². The number of hydrogen-bond donors (Lipinski definition) is 2. The van der Waals surface area contributed by atoms with E-state index in [4.69, 9.17) is 15.0 Å². The lowest BCUT2D eigenvalue weighted by Crippen LogP contribution is -2.44. The quantitative estimate of drug-likeness (QED) is 0.151. The average molecular weight is 650 g/mol. The molecular formula is C39H39N9O. The van der Waals surface area contributed by atoms with Crippen LogP contribution >= 0.6 is 0 Å². The molecule has 1 aliphatic heterocycles. The minimum absolute atomic E-state index is 0.278. The Bertz CT molecular complexity index is 2000. The van der Waals surface area contributed by atoms with E-state index < -0.39 is 0 Å². The molecule has 49 heavy (non-hydrogen) atoms. The Morgan fingerprint density at radius 1 is 0.796 bits per heavy atom. The zero-order valence-electron chi connectivity index (χ0n) is 27.5. The van der Waals surface area contributed by atoms with Crippen molar-refractivity contribution >= 4 is 45.9 Å². The first-order valence-corrected chi connectivity index (χ1v) is 16.4. The number of piperazine rings is 1. The molecule has 1 aliphatic rings. The van der Waals surface area contributed by atoms with E-state index in [1.165, 1.54) is 11.8 Å². The van der Waals surface area contributed by atoms with Crippen molar-refractivity contribution in [1.29, 1.82) is 0 Å². The predicted octanol–water partition coefficient (Wildman–Crippen LogP) is 6.64. The van der Waals surface area contributed by atoms with E-state index in [-0.39, 0.29) is 5.91 Å². The number of hydrogen-bond acceptors (Lipinski definition) is 8. The van der Waals surface area contributed by atoms with Crippen LogP contribution in [0.2, 0.25) is 0 Å². The second kappa shape index (κ2) is 14.4. The summed E-state index contributed by atoms with van der Waals surface area (Å²) in [6.45, 7) is 8.93. The Labute approximate surface area is 286 Å². The molecule has 4 aromatic carbocycles. The number of carbonyl (C=O) groups excluding carboxylic acids is 1.